The van der Waals surface area contributed by atoms with Crippen molar-refractivity contribution in [2.45, 2.75) is 20.5 Å². The zero-order valence-corrected chi connectivity index (χ0v) is 12.1. The summed E-state index contributed by atoms with van der Waals surface area (Å²) in [6.45, 7) is 1.82. The van der Waals surface area contributed by atoms with E-state index in [1.54, 1.807) is 12.1 Å². The first-order valence-corrected chi connectivity index (χ1v) is 8.74. The van der Waals surface area contributed by atoms with Gasteiger partial charge in [0.1, 0.15) is 0 Å². The summed E-state index contributed by atoms with van der Waals surface area (Å²) in [5, 5.41) is 11.5. The van der Waals surface area contributed by atoms with Gasteiger partial charge in [0.25, 0.3) is 10.0 Å². The lowest BCUT2D eigenvalue weighted by Gasteiger charge is -2.00. The normalized spacial score (nSPS) is 12.5. The molecule has 0 saturated heterocycles. The summed E-state index contributed by atoms with van der Waals surface area (Å²) in [6.07, 6.45) is 0. The number of primary sulfonamides is 1. The first kappa shape index (κ1) is 14.1. The number of nitrogens with two attached hydrogens (primary N) is 1. The van der Waals surface area contributed by atoms with Crippen molar-refractivity contribution in [3.05, 3.63) is 29.8 Å². The molecule has 102 valence electrons. The van der Waals surface area contributed by atoms with Crippen LogP contribution in [-0.2, 0) is 19.9 Å². The van der Waals surface area contributed by atoms with Crippen LogP contribution >= 0.6 is 11.3 Å². The molecule has 0 bridgehead atoms. The molecule has 0 fully saturated rings. The second-order valence-electron chi connectivity index (χ2n) is 3.70. The quantitative estimate of drug-likeness (QED) is 0.870. The number of sulfone groups is 1. The first-order chi connectivity index (χ1) is 8.71. The maximum absolute atomic E-state index is 12.2. The summed E-state index contributed by atoms with van der Waals surface area (Å²) < 4.78 is 45.5. The Balaban J connectivity index is 2.51. The number of nitrogens with zero attached hydrogens (tertiary/aromatic N) is 2. The minimum Gasteiger partial charge on any atom is -0.223 e. The van der Waals surface area contributed by atoms with Gasteiger partial charge in [0.2, 0.25) is 18.5 Å². The summed E-state index contributed by atoms with van der Waals surface area (Å²) in [7, 11) is -7.92. The highest BCUT2D eigenvalue weighted by Crippen LogP contribution is 2.25. The predicted molar refractivity (Wildman–Crippen MR) is 67.9 cm³/mol. The second-order valence-corrected chi connectivity index (χ2v) is 8.53. The zero-order chi connectivity index (χ0) is 14.3. The summed E-state index contributed by atoms with van der Waals surface area (Å²) in [6, 6.07) is 6.11. The van der Waals surface area contributed by atoms with Crippen molar-refractivity contribution >= 4 is 31.2 Å². The summed E-state index contributed by atoms with van der Waals surface area (Å²) in [4.78, 5) is 0.0234. The molecule has 2 rings (SSSR count). The molecule has 7 nitrogen and oxygen atoms in total. The first-order valence-electron chi connectivity index (χ1n) is 4.89. The van der Waals surface area contributed by atoms with Crippen LogP contribution < -0.4 is 5.14 Å². The fourth-order valence-corrected chi connectivity index (χ4v) is 4.37. The number of aromatic nitrogens is 2. The molecule has 0 atom stereocenters. The van der Waals surface area contributed by atoms with Crippen LogP contribution in [0.25, 0.3) is 0 Å². The van der Waals surface area contributed by atoms with E-state index in [-0.39, 0.29) is 4.90 Å². The molecular formula is C9H9N3O4S3. The predicted octanol–water partition coefficient (Wildman–Crippen LogP) is 0.327. The maximum Gasteiger partial charge on any atom is 0.267 e. The van der Waals surface area contributed by atoms with E-state index in [1.807, 2.05) is 6.92 Å². The zero-order valence-electron chi connectivity index (χ0n) is 9.64. The smallest absolute Gasteiger partial charge is 0.223 e. The molecule has 2 aromatic rings. The van der Waals surface area contributed by atoms with E-state index in [0.29, 0.717) is 11.3 Å². The van der Waals surface area contributed by atoms with Gasteiger partial charge < -0.3 is 0 Å². The van der Waals surface area contributed by atoms with Crippen LogP contribution in [0.5, 0.6) is 0 Å². The van der Waals surface area contributed by atoms with Gasteiger partial charge in [-0.1, -0.05) is 29.0 Å². The summed E-state index contributed by atoms with van der Waals surface area (Å²) >= 11 is 0.423. The monoisotopic (exact) mass is 319 g/mol. The average molecular weight is 319 g/mol. The van der Waals surface area contributed by atoms with Gasteiger partial charge >= 0.3 is 0 Å². The van der Waals surface area contributed by atoms with Crippen molar-refractivity contribution in [3.8, 4) is 0 Å². The van der Waals surface area contributed by atoms with Crippen LogP contribution in [-0.4, -0.2) is 27.0 Å². The van der Waals surface area contributed by atoms with E-state index in [4.69, 9.17) is 5.14 Å². The number of sulfonamides is 1. The minimum absolute atomic E-state index is 0.0234. The molecule has 10 heteroatoms. The van der Waals surface area contributed by atoms with Crippen molar-refractivity contribution in [3.63, 3.8) is 0 Å². The van der Waals surface area contributed by atoms with E-state index in [9.17, 15) is 16.8 Å². The molecular weight excluding hydrogens is 310 g/mol. The van der Waals surface area contributed by atoms with Crippen LogP contribution in [0.4, 0.5) is 0 Å². The van der Waals surface area contributed by atoms with E-state index >= 15 is 0 Å². The van der Waals surface area contributed by atoms with Crippen molar-refractivity contribution in [1.29, 1.82) is 0 Å². The molecule has 0 aliphatic heterocycles. The SMILES string of the molecule is Cc1ccc(S(=O)(=O)c2nnc(S(N)(=O)=O)s2)cc1. The highest BCUT2D eigenvalue weighted by Gasteiger charge is 2.25. The number of hydrogen-bond donors (Lipinski definition) is 1. The third kappa shape index (κ3) is 2.81. The van der Waals surface area contributed by atoms with E-state index in [2.05, 4.69) is 10.2 Å². The van der Waals surface area contributed by atoms with Crippen molar-refractivity contribution in [2.24, 2.45) is 5.14 Å². The Hall–Kier alpha value is -1.36. The molecule has 0 aliphatic carbocycles. The van der Waals surface area contributed by atoms with Crippen molar-refractivity contribution in [1.82, 2.24) is 10.2 Å². The largest absolute Gasteiger partial charge is 0.267 e. The maximum atomic E-state index is 12.2. The van der Waals surface area contributed by atoms with Gasteiger partial charge in [-0.3, -0.25) is 0 Å². The van der Waals surface area contributed by atoms with Gasteiger partial charge in [0.05, 0.1) is 4.90 Å². The second kappa shape index (κ2) is 4.63. The lowest BCUT2D eigenvalue weighted by molar-refractivity contribution is 0.590. The Kier molecular flexibility index (Phi) is 3.43. The Morgan fingerprint density at radius 1 is 1.00 bits per heavy atom. The van der Waals surface area contributed by atoms with Crippen LogP contribution in [0.2, 0.25) is 0 Å². The highest BCUT2D eigenvalue weighted by molar-refractivity contribution is 7.95. The standard InChI is InChI=1S/C9H9N3O4S3/c1-6-2-4-7(5-3-6)18(13,14)8-11-12-9(17-8)19(10,15)16/h2-5H,1H3,(H2,10,15,16). The Bertz CT molecular complexity index is 807. The van der Waals surface area contributed by atoms with Crippen molar-refractivity contribution in [2.75, 3.05) is 0 Å². The molecule has 1 heterocycles. The van der Waals surface area contributed by atoms with E-state index in [1.165, 1.54) is 12.1 Å². The van der Waals surface area contributed by atoms with Crippen LogP contribution in [0.1, 0.15) is 5.56 Å². The highest BCUT2D eigenvalue weighted by atomic mass is 32.3. The molecule has 1 aromatic carbocycles. The third-order valence-electron chi connectivity index (χ3n) is 2.19. The molecule has 2 N–H and O–H groups in total. The lowest BCUT2D eigenvalue weighted by atomic mass is 10.2. The molecule has 0 unspecified atom stereocenters. The van der Waals surface area contributed by atoms with E-state index in [0.717, 1.165) is 5.56 Å². The number of aryl methyl sites for hydroxylation is 1. The summed E-state index contributed by atoms with van der Waals surface area (Å²) in [5.74, 6) is 0. The third-order valence-corrected chi connectivity index (χ3v) is 6.56. The number of hydrogen-bond acceptors (Lipinski definition) is 7. The minimum atomic E-state index is -4.05. The number of rotatable bonds is 3. The van der Waals surface area contributed by atoms with Gasteiger partial charge in [0, 0.05) is 0 Å². The van der Waals surface area contributed by atoms with Crippen molar-refractivity contribution < 1.29 is 16.8 Å². The average Bonchev–Trinajstić information content (AvgIpc) is 2.79. The van der Waals surface area contributed by atoms with Gasteiger partial charge in [-0.15, -0.1) is 10.2 Å². The Morgan fingerprint density at radius 3 is 2.00 bits per heavy atom. The molecule has 0 amide bonds. The fourth-order valence-electron chi connectivity index (χ4n) is 1.24. The Morgan fingerprint density at radius 2 is 1.53 bits per heavy atom. The number of benzene rings is 1. The van der Waals surface area contributed by atoms with Gasteiger partial charge in [-0.25, -0.2) is 22.0 Å². The molecule has 19 heavy (non-hydrogen) atoms. The Labute approximate surface area is 114 Å². The van der Waals surface area contributed by atoms with Gasteiger partial charge in [-0.05, 0) is 19.1 Å². The van der Waals surface area contributed by atoms with E-state index < -0.39 is 28.5 Å². The van der Waals surface area contributed by atoms with Crippen LogP contribution in [0, 0.1) is 6.92 Å². The fraction of sp³-hybridized carbons (Fsp3) is 0.111. The molecule has 0 aliphatic rings. The molecule has 0 saturated carbocycles. The van der Waals surface area contributed by atoms with Gasteiger partial charge in [0.15, 0.2) is 0 Å². The summed E-state index contributed by atoms with van der Waals surface area (Å²) in [5.41, 5.74) is 0.904. The molecule has 0 radical (unpaired) electrons. The van der Waals surface area contributed by atoms with Crippen LogP contribution in [0.15, 0.2) is 37.8 Å². The molecule has 1 aromatic heterocycles. The van der Waals surface area contributed by atoms with Gasteiger partial charge in [-0.2, -0.15) is 0 Å². The van der Waals surface area contributed by atoms with Crippen LogP contribution in [0.3, 0.4) is 0 Å². The molecule has 0 spiro atoms. The topological polar surface area (TPSA) is 120 Å². The lowest BCUT2D eigenvalue weighted by Crippen LogP contribution is -2.11.